The van der Waals surface area contributed by atoms with E-state index in [1.54, 1.807) is 6.92 Å². The molecule has 3 amide bonds. The first-order valence-electron chi connectivity index (χ1n) is 5.38. The number of nitrogens with zero attached hydrogens (tertiary/aromatic N) is 1. The summed E-state index contributed by atoms with van der Waals surface area (Å²) in [5, 5.41) is 4.38. The summed E-state index contributed by atoms with van der Waals surface area (Å²) in [6.45, 7) is 1.56. The second-order valence-electron chi connectivity index (χ2n) is 3.38. The molecule has 0 radical (unpaired) electrons. The summed E-state index contributed by atoms with van der Waals surface area (Å²) in [5.74, 6) is -1.40. The van der Waals surface area contributed by atoms with Crippen molar-refractivity contribution in [3.8, 4) is 0 Å². The maximum Gasteiger partial charge on any atom is 0.340 e. The van der Waals surface area contributed by atoms with Gasteiger partial charge in [0, 0.05) is 23.4 Å². The van der Waals surface area contributed by atoms with Crippen LogP contribution in [0.1, 0.15) is 17.3 Å². The van der Waals surface area contributed by atoms with Gasteiger partial charge >= 0.3 is 12.0 Å². The highest BCUT2D eigenvalue weighted by molar-refractivity contribution is 9.10. The van der Waals surface area contributed by atoms with Crippen LogP contribution in [0.3, 0.4) is 0 Å². The van der Waals surface area contributed by atoms with Crippen LogP contribution in [0.2, 0.25) is 0 Å². The summed E-state index contributed by atoms with van der Waals surface area (Å²) in [7, 11) is 0. The number of hydrogen-bond donors (Lipinski definition) is 2. The molecular weight excluding hydrogens is 318 g/mol. The molecule has 0 bridgehead atoms. The number of ether oxygens (including phenoxy) is 1. The predicted octanol–water partition coefficient (Wildman–Crippen LogP) is 0.847. The van der Waals surface area contributed by atoms with Crippen LogP contribution in [0.15, 0.2) is 22.9 Å². The minimum atomic E-state index is -0.706. The molecular formula is C11H12BrN3O4. The van der Waals surface area contributed by atoms with Crippen molar-refractivity contribution in [1.29, 1.82) is 0 Å². The van der Waals surface area contributed by atoms with Gasteiger partial charge in [0.1, 0.15) is 0 Å². The second kappa shape index (κ2) is 7.47. The van der Waals surface area contributed by atoms with Crippen LogP contribution in [0.25, 0.3) is 0 Å². The van der Waals surface area contributed by atoms with Gasteiger partial charge in [-0.2, -0.15) is 0 Å². The SMILES string of the molecule is CCNC(=O)NC(=O)COC(=O)c1cncc(Br)c1. The second-order valence-corrected chi connectivity index (χ2v) is 4.29. The molecule has 1 aromatic rings. The van der Waals surface area contributed by atoms with E-state index < -0.39 is 24.5 Å². The average molecular weight is 330 g/mol. The number of urea groups is 1. The first-order valence-corrected chi connectivity index (χ1v) is 6.17. The van der Waals surface area contributed by atoms with Gasteiger partial charge < -0.3 is 10.1 Å². The predicted molar refractivity (Wildman–Crippen MR) is 69.4 cm³/mol. The van der Waals surface area contributed by atoms with Gasteiger partial charge in [0.05, 0.1) is 5.56 Å². The van der Waals surface area contributed by atoms with E-state index >= 15 is 0 Å². The maximum absolute atomic E-state index is 11.5. The van der Waals surface area contributed by atoms with Crippen LogP contribution in [-0.4, -0.2) is 36.0 Å². The van der Waals surface area contributed by atoms with E-state index in [1.165, 1.54) is 18.5 Å². The molecule has 8 heteroatoms. The molecule has 0 saturated carbocycles. The van der Waals surface area contributed by atoms with E-state index in [0.29, 0.717) is 11.0 Å². The van der Waals surface area contributed by atoms with E-state index in [4.69, 9.17) is 4.74 Å². The molecule has 102 valence electrons. The van der Waals surface area contributed by atoms with Crippen molar-refractivity contribution in [3.05, 3.63) is 28.5 Å². The Labute approximate surface area is 117 Å². The number of carbonyl (C=O) groups is 3. The number of aromatic nitrogens is 1. The van der Waals surface area contributed by atoms with E-state index in [0.717, 1.165) is 0 Å². The molecule has 19 heavy (non-hydrogen) atoms. The molecule has 0 saturated heterocycles. The fourth-order valence-corrected chi connectivity index (χ4v) is 1.47. The van der Waals surface area contributed by atoms with E-state index in [1.807, 2.05) is 5.32 Å². The van der Waals surface area contributed by atoms with E-state index in [9.17, 15) is 14.4 Å². The third-order valence-corrected chi connectivity index (χ3v) is 2.30. The van der Waals surface area contributed by atoms with E-state index in [2.05, 4.69) is 26.2 Å². The van der Waals surface area contributed by atoms with Crippen molar-refractivity contribution in [2.45, 2.75) is 6.92 Å². The summed E-state index contributed by atoms with van der Waals surface area (Å²) in [4.78, 5) is 37.6. The van der Waals surface area contributed by atoms with Crippen LogP contribution in [0.5, 0.6) is 0 Å². The summed E-state index contributed by atoms with van der Waals surface area (Å²) in [6, 6.07) is 0.879. The van der Waals surface area contributed by atoms with Gasteiger partial charge in [0.2, 0.25) is 0 Å². The quantitative estimate of drug-likeness (QED) is 0.798. The molecule has 1 heterocycles. The Morgan fingerprint density at radius 3 is 2.74 bits per heavy atom. The van der Waals surface area contributed by atoms with Gasteiger partial charge in [0.25, 0.3) is 5.91 Å². The molecule has 0 aliphatic rings. The number of esters is 1. The van der Waals surface area contributed by atoms with Crippen molar-refractivity contribution in [2.24, 2.45) is 0 Å². The van der Waals surface area contributed by atoms with Crippen molar-refractivity contribution in [1.82, 2.24) is 15.6 Å². The van der Waals surface area contributed by atoms with Crippen molar-refractivity contribution >= 4 is 33.8 Å². The molecule has 1 aromatic heterocycles. The van der Waals surface area contributed by atoms with Gasteiger partial charge in [0.15, 0.2) is 6.61 Å². The van der Waals surface area contributed by atoms with Crippen molar-refractivity contribution in [3.63, 3.8) is 0 Å². The van der Waals surface area contributed by atoms with Crippen LogP contribution < -0.4 is 10.6 Å². The lowest BCUT2D eigenvalue weighted by Gasteiger charge is -2.06. The molecule has 0 spiro atoms. The Hall–Kier alpha value is -1.96. The van der Waals surface area contributed by atoms with Crippen molar-refractivity contribution < 1.29 is 19.1 Å². The zero-order valence-corrected chi connectivity index (χ0v) is 11.7. The molecule has 7 nitrogen and oxygen atoms in total. The maximum atomic E-state index is 11.5. The fraction of sp³-hybridized carbons (Fsp3) is 0.273. The monoisotopic (exact) mass is 329 g/mol. The Balaban J connectivity index is 2.42. The molecule has 0 unspecified atom stereocenters. The van der Waals surface area contributed by atoms with Crippen LogP contribution in [0.4, 0.5) is 4.79 Å². The minimum Gasteiger partial charge on any atom is -0.452 e. The number of pyridine rings is 1. The summed E-state index contributed by atoms with van der Waals surface area (Å²) in [5.41, 5.74) is 0.209. The van der Waals surface area contributed by atoms with Crippen LogP contribution in [0, 0.1) is 0 Å². The highest BCUT2D eigenvalue weighted by Gasteiger charge is 2.12. The number of rotatable bonds is 4. The number of halogens is 1. The Morgan fingerprint density at radius 1 is 1.37 bits per heavy atom. The van der Waals surface area contributed by atoms with Crippen LogP contribution >= 0.6 is 15.9 Å². The van der Waals surface area contributed by atoms with Gasteiger partial charge in [-0.1, -0.05) is 0 Å². The lowest BCUT2D eigenvalue weighted by molar-refractivity contribution is -0.123. The largest absolute Gasteiger partial charge is 0.452 e. The highest BCUT2D eigenvalue weighted by Crippen LogP contribution is 2.10. The Kier molecular flexibility index (Phi) is 5.94. The molecule has 0 aliphatic heterocycles. The molecule has 2 N–H and O–H groups in total. The zero-order valence-electron chi connectivity index (χ0n) is 10.1. The van der Waals surface area contributed by atoms with Crippen molar-refractivity contribution in [2.75, 3.05) is 13.2 Å². The third-order valence-electron chi connectivity index (χ3n) is 1.87. The topological polar surface area (TPSA) is 97.4 Å². The highest BCUT2D eigenvalue weighted by atomic mass is 79.9. The molecule has 0 atom stereocenters. The number of amides is 3. The average Bonchev–Trinajstić information content (AvgIpc) is 2.36. The zero-order chi connectivity index (χ0) is 14.3. The molecule has 0 fully saturated rings. The van der Waals surface area contributed by atoms with E-state index in [-0.39, 0.29) is 5.56 Å². The van der Waals surface area contributed by atoms with Gasteiger partial charge in [-0.3, -0.25) is 15.1 Å². The molecule has 0 aliphatic carbocycles. The number of carbonyl (C=O) groups excluding carboxylic acids is 3. The summed E-state index contributed by atoms with van der Waals surface area (Å²) < 4.78 is 5.35. The standard InChI is InChI=1S/C11H12BrN3O4/c1-2-14-11(18)15-9(16)6-19-10(17)7-3-8(12)5-13-4-7/h3-5H,2,6H2,1H3,(H2,14,15,16,18). The lowest BCUT2D eigenvalue weighted by Crippen LogP contribution is -2.41. The minimum absolute atomic E-state index is 0.209. The molecule has 0 aromatic carbocycles. The van der Waals surface area contributed by atoms with Crippen LogP contribution in [-0.2, 0) is 9.53 Å². The summed E-state index contributed by atoms with van der Waals surface area (Å²) in [6.07, 6.45) is 2.83. The normalized spacial score (nSPS) is 9.58. The first kappa shape index (κ1) is 15.1. The summed E-state index contributed by atoms with van der Waals surface area (Å²) >= 11 is 3.16. The van der Waals surface area contributed by atoms with Gasteiger partial charge in [-0.25, -0.2) is 9.59 Å². The number of nitrogens with one attached hydrogen (secondary N) is 2. The smallest absolute Gasteiger partial charge is 0.340 e. The van der Waals surface area contributed by atoms with Gasteiger partial charge in [-0.15, -0.1) is 0 Å². The molecule has 1 rings (SSSR count). The Morgan fingerprint density at radius 2 is 2.11 bits per heavy atom. The van der Waals surface area contributed by atoms with Gasteiger partial charge in [-0.05, 0) is 28.9 Å². The lowest BCUT2D eigenvalue weighted by atomic mass is 10.3. The fourth-order valence-electron chi connectivity index (χ4n) is 1.11. The third kappa shape index (κ3) is 5.47. The Bertz CT molecular complexity index is 493. The number of hydrogen-bond acceptors (Lipinski definition) is 5. The number of imide groups is 1. The first-order chi connectivity index (χ1) is 9.02.